The zero-order chi connectivity index (χ0) is 26.6. The smallest absolute Gasteiger partial charge is 0.343 e. The van der Waals surface area contributed by atoms with Gasteiger partial charge in [-0.3, -0.25) is 0 Å². The quantitative estimate of drug-likeness (QED) is 0.191. The van der Waals surface area contributed by atoms with Crippen molar-refractivity contribution in [2.45, 2.75) is 12.5 Å². The first-order valence-electron chi connectivity index (χ1n) is 11.6. The van der Waals surface area contributed by atoms with E-state index < -0.39 is 11.9 Å². The number of ether oxygens (including phenoxy) is 3. The summed E-state index contributed by atoms with van der Waals surface area (Å²) >= 11 is 9.32. The zero-order valence-electron chi connectivity index (χ0n) is 19.9. The van der Waals surface area contributed by atoms with Crippen LogP contribution in [-0.2, 0) is 6.61 Å². The number of carbonyl (C=O) groups excluding carboxylic acids is 1. The lowest BCUT2D eigenvalue weighted by Crippen LogP contribution is -2.21. The second-order valence-corrected chi connectivity index (χ2v) is 9.86. The van der Waals surface area contributed by atoms with Crippen LogP contribution in [0, 0.1) is 11.3 Å². The van der Waals surface area contributed by atoms with Crippen LogP contribution in [0.3, 0.4) is 0 Å². The molecule has 4 aromatic carbocycles. The summed E-state index contributed by atoms with van der Waals surface area (Å²) in [5, 5.41) is 10.6. The number of fused-ring (bicyclic) bond motifs is 1. The first-order valence-corrected chi connectivity index (χ1v) is 12.7. The number of rotatable bonds is 6. The Balaban J connectivity index is 1.41. The fourth-order valence-corrected chi connectivity index (χ4v) is 4.52. The fourth-order valence-electron chi connectivity index (χ4n) is 4.13. The number of benzene rings is 4. The lowest BCUT2D eigenvalue weighted by atomic mass is 9.83. The van der Waals surface area contributed by atoms with Gasteiger partial charge in [0, 0.05) is 21.1 Å². The van der Waals surface area contributed by atoms with Gasteiger partial charge in [0.1, 0.15) is 35.5 Å². The normalized spacial score (nSPS) is 14.2. The number of carbonyl (C=O) groups is 1. The third-order valence-electron chi connectivity index (χ3n) is 5.99. The zero-order valence-corrected chi connectivity index (χ0v) is 22.2. The summed E-state index contributed by atoms with van der Waals surface area (Å²) < 4.78 is 18.2. The second kappa shape index (κ2) is 11.0. The molecule has 38 heavy (non-hydrogen) atoms. The van der Waals surface area contributed by atoms with Crippen LogP contribution < -0.4 is 19.9 Å². The summed E-state index contributed by atoms with van der Waals surface area (Å²) in [6.45, 7) is 0.362. The first kappa shape index (κ1) is 25.4. The van der Waals surface area contributed by atoms with E-state index in [4.69, 9.17) is 31.5 Å². The van der Waals surface area contributed by atoms with E-state index in [1.165, 1.54) is 0 Å². The van der Waals surface area contributed by atoms with Crippen molar-refractivity contribution >= 4 is 33.5 Å². The van der Waals surface area contributed by atoms with Crippen LogP contribution in [0.5, 0.6) is 17.2 Å². The van der Waals surface area contributed by atoms with Gasteiger partial charge in [-0.25, -0.2) is 4.79 Å². The number of halogens is 2. The topological polar surface area (TPSA) is 94.6 Å². The van der Waals surface area contributed by atoms with Gasteiger partial charge in [0.05, 0.1) is 11.5 Å². The maximum atomic E-state index is 12.6. The average molecular weight is 588 g/mol. The van der Waals surface area contributed by atoms with Crippen LogP contribution in [0.1, 0.15) is 33.0 Å². The van der Waals surface area contributed by atoms with Gasteiger partial charge in [-0.2, -0.15) is 5.26 Å². The number of allylic oxidation sites excluding steroid dienone is 1. The molecule has 0 radical (unpaired) electrons. The largest absolute Gasteiger partial charge is 0.489 e. The average Bonchev–Trinajstić information content (AvgIpc) is 2.92. The van der Waals surface area contributed by atoms with Gasteiger partial charge in [-0.1, -0.05) is 57.9 Å². The molecule has 2 N–H and O–H groups in total. The van der Waals surface area contributed by atoms with Crippen molar-refractivity contribution in [1.29, 1.82) is 5.26 Å². The molecule has 8 heteroatoms. The van der Waals surface area contributed by atoms with Crippen molar-refractivity contribution in [2.75, 3.05) is 0 Å². The molecular formula is C30H20BrClN2O4. The van der Waals surface area contributed by atoms with Crippen molar-refractivity contribution in [3.05, 3.63) is 134 Å². The first-order chi connectivity index (χ1) is 18.4. The molecule has 1 atom stereocenters. The molecule has 0 fully saturated rings. The van der Waals surface area contributed by atoms with Crippen LogP contribution in [-0.4, -0.2) is 5.97 Å². The number of hydrogen-bond donors (Lipinski definition) is 1. The van der Waals surface area contributed by atoms with Crippen LogP contribution in [0.15, 0.2) is 107 Å². The van der Waals surface area contributed by atoms with Crippen molar-refractivity contribution in [2.24, 2.45) is 5.73 Å². The summed E-state index contributed by atoms with van der Waals surface area (Å²) in [5.74, 6) is 0.342. The van der Waals surface area contributed by atoms with Crippen molar-refractivity contribution < 1.29 is 19.0 Å². The third-order valence-corrected chi connectivity index (χ3v) is 6.77. The number of nitrogens with two attached hydrogens (primary N) is 1. The van der Waals surface area contributed by atoms with E-state index in [9.17, 15) is 10.1 Å². The number of nitrogens with zero attached hydrogens (tertiary/aromatic N) is 1. The summed E-state index contributed by atoms with van der Waals surface area (Å²) in [5.41, 5.74) is 9.35. The minimum absolute atomic E-state index is 0.00567. The Kier molecular flexibility index (Phi) is 7.36. The monoisotopic (exact) mass is 586 g/mol. The maximum absolute atomic E-state index is 12.6. The Morgan fingerprint density at radius 2 is 1.76 bits per heavy atom. The van der Waals surface area contributed by atoms with Gasteiger partial charge < -0.3 is 19.9 Å². The van der Waals surface area contributed by atoms with Crippen molar-refractivity contribution in [1.82, 2.24) is 0 Å². The molecule has 0 bridgehead atoms. The highest BCUT2D eigenvalue weighted by Gasteiger charge is 2.31. The molecule has 0 aromatic heterocycles. The molecule has 0 aliphatic carbocycles. The molecule has 6 nitrogen and oxygen atoms in total. The summed E-state index contributed by atoms with van der Waals surface area (Å²) in [6.07, 6.45) is 0. The van der Waals surface area contributed by atoms with E-state index in [0.29, 0.717) is 40.0 Å². The number of nitriles is 1. The van der Waals surface area contributed by atoms with Gasteiger partial charge in [0.25, 0.3) is 0 Å². The predicted molar refractivity (Wildman–Crippen MR) is 147 cm³/mol. The molecule has 1 aliphatic rings. The van der Waals surface area contributed by atoms with Gasteiger partial charge in [-0.05, 0) is 65.7 Å². The van der Waals surface area contributed by atoms with Crippen LogP contribution in [0.2, 0.25) is 5.02 Å². The van der Waals surface area contributed by atoms with E-state index in [-0.39, 0.29) is 11.5 Å². The van der Waals surface area contributed by atoms with Crippen LogP contribution in [0.25, 0.3) is 0 Å². The lowest BCUT2D eigenvalue weighted by molar-refractivity contribution is 0.0734. The van der Waals surface area contributed by atoms with Gasteiger partial charge in [0.2, 0.25) is 5.88 Å². The Morgan fingerprint density at radius 3 is 2.50 bits per heavy atom. The lowest BCUT2D eigenvalue weighted by Gasteiger charge is -2.27. The van der Waals surface area contributed by atoms with E-state index >= 15 is 0 Å². The summed E-state index contributed by atoms with van der Waals surface area (Å²) in [7, 11) is 0. The Bertz CT molecular complexity index is 1580. The molecular weight excluding hydrogens is 568 g/mol. The standard InChI is InChI=1S/C30H20BrClN2O4/c31-21-8-6-19(7-9-21)30(35)37-24-12-13-25-27(15-24)38-29(34)26(16-33)28(25)20-2-1-3-23(14-20)36-17-18-4-10-22(32)11-5-18/h1-15,28H,17,34H2. The molecule has 0 spiro atoms. The van der Waals surface area contributed by atoms with Gasteiger partial charge in [0.15, 0.2) is 0 Å². The minimum Gasteiger partial charge on any atom is -0.489 e. The van der Waals surface area contributed by atoms with E-state index in [1.807, 2.05) is 48.5 Å². The van der Waals surface area contributed by atoms with Crippen LogP contribution in [0.4, 0.5) is 0 Å². The molecule has 188 valence electrons. The maximum Gasteiger partial charge on any atom is 0.343 e. The van der Waals surface area contributed by atoms with E-state index in [1.54, 1.807) is 42.5 Å². The molecule has 1 unspecified atom stereocenters. The van der Waals surface area contributed by atoms with Gasteiger partial charge in [-0.15, -0.1) is 0 Å². The molecule has 0 amide bonds. The summed E-state index contributed by atoms with van der Waals surface area (Å²) in [6, 6.07) is 29.0. The second-order valence-electron chi connectivity index (χ2n) is 8.51. The molecule has 1 aliphatic heterocycles. The molecule has 0 saturated carbocycles. The van der Waals surface area contributed by atoms with Crippen LogP contribution >= 0.6 is 27.5 Å². The summed E-state index contributed by atoms with van der Waals surface area (Å²) in [4.78, 5) is 12.6. The van der Waals surface area contributed by atoms with Crippen molar-refractivity contribution in [3.63, 3.8) is 0 Å². The number of hydrogen-bond acceptors (Lipinski definition) is 6. The highest BCUT2D eigenvalue weighted by Crippen LogP contribution is 2.44. The molecule has 0 saturated heterocycles. The third kappa shape index (κ3) is 5.52. The SMILES string of the molecule is N#CC1=C(N)Oc2cc(OC(=O)c3ccc(Br)cc3)ccc2C1c1cccc(OCc2ccc(Cl)cc2)c1. The Morgan fingerprint density at radius 1 is 1.00 bits per heavy atom. The van der Waals surface area contributed by atoms with Gasteiger partial charge >= 0.3 is 5.97 Å². The Labute approximate surface area is 233 Å². The van der Waals surface area contributed by atoms with E-state index in [0.717, 1.165) is 15.6 Å². The Hall–Kier alpha value is -4.25. The molecule has 1 heterocycles. The highest BCUT2D eigenvalue weighted by molar-refractivity contribution is 9.10. The molecule has 4 aromatic rings. The number of esters is 1. The highest BCUT2D eigenvalue weighted by atomic mass is 79.9. The molecule has 5 rings (SSSR count). The van der Waals surface area contributed by atoms with Crippen molar-refractivity contribution in [3.8, 4) is 23.3 Å². The van der Waals surface area contributed by atoms with E-state index in [2.05, 4.69) is 22.0 Å². The minimum atomic E-state index is -0.503. The fraction of sp³-hybridized carbons (Fsp3) is 0.0667. The predicted octanol–water partition coefficient (Wildman–Crippen LogP) is 7.12.